The number of hydrogen-bond donors (Lipinski definition) is 1. The second-order valence-corrected chi connectivity index (χ2v) is 6.84. The second kappa shape index (κ2) is 8.71. The predicted octanol–water partition coefficient (Wildman–Crippen LogP) is 2.06. The van der Waals surface area contributed by atoms with Crippen molar-refractivity contribution in [3.05, 3.63) is 65.7 Å². The molecule has 2 amide bonds. The summed E-state index contributed by atoms with van der Waals surface area (Å²) in [5, 5.41) is 11.8. The third-order valence-corrected chi connectivity index (χ3v) is 4.50. The summed E-state index contributed by atoms with van der Waals surface area (Å²) in [4.78, 5) is 26.0. The van der Waals surface area contributed by atoms with Gasteiger partial charge in [0.05, 0.1) is 18.4 Å². The van der Waals surface area contributed by atoms with Crippen LogP contribution in [-0.4, -0.2) is 49.9 Å². The van der Waals surface area contributed by atoms with Crippen molar-refractivity contribution in [1.29, 1.82) is 0 Å². The number of benzene rings is 1. The Balaban J connectivity index is 1.50. The molecule has 28 heavy (non-hydrogen) atoms. The van der Waals surface area contributed by atoms with Crippen molar-refractivity contribution >= 4 is 23.4 Å². The van der Waals surface area contributed by atoms with Gasteiger partial charge in [0.25, 0.3) is 0 Å². The smallest absolute Gasteiger partial charge is 0.247 e. The molecule has 2 aromatic heterocycles. The van der Waals surface area contributed by atoms with Gasteiger partial charge >= 0.3 is 0 Å². The number of aromatic nitrogens is 4. The zero-order valence-electron chi connectivity index (χ0n) is 15.6. The number of hydrogen-bond acceptors (Lipinski definition) is 4. The van der Waals surface area contributed by atoms with Gasteiger partial charge in [0.15, 0.2) is 0 Å². The van der Waals surface area contributed by atoms with Crippen LogP contribution in [0.1, 0.15) is 18.5 Å². The molecule has 1 atom stereocenters. The molecular weight excluding hydrogens is 380 g/mol. The molecule has 0 saturated carbocycles. The summed E-state index contributed by atoms with van der Waals surface area (Å²) in [5.74, 6) is -0.433. The lowest BCUT2D eigenvalue weighted by atomic mass is 10.3. The summed E-state index contributed by atoms with van der Waals surface area (Å²) < 4.78 is 3.27. The summed E-state index contributed by atoms with van der Waals surface area (Å²) >= 11 is 5.89. The molecule has 3 aromatic rings. The highest BCUT2D eigenvalue weighted by Crippen LogP contribution is 2.13. The van der Waals surface area contributed by atoms with Gasteiger partial charge in [-0.2, -0.15) is 10.2 Å². The van der Waals surface area contributed by atoms with Gasteiger partial charge in [-0.25, -0.2) is 4.68 Å². The van der Waals surface area contributed by atoms with Crippen LogP contribution in [0.3, 0.4) is 0 Å². The van der Waals surface area contributed by atoms with E-state index in [0.29, 0.717) is 11.6 Å². The molecule has 0 radical (unpaired) electrons. The average molecular weight is 401 g/mol. The number of likely N-dealkylation sites (N-methyl/N-ethyl adjacent to an activating group) is 1. The van der Waals surface area contributed by atoms with E-state index in [0.717, 1.165) is 11.3 Å². The standard InChI is InChI=1S/C19H21ClN6O2/c1-14(25-9-3-8-22-25)19(28)24(2)13-18(27)21-10-15-11-23-26(12-15)17-6-4-16(20)5-7-17/h3-9,11-12,14H,10,13H2,1-2H3,(H,21,27). The first-order valence-corrected chi connectivity index (χ1v) is 9.12. The van der Waals surface area contributed by atoms with Crippen LogP contribution in [0.15, 0.2) is 55.1 Å². The molecule has 0 saturated heterocycles. The van der Waals surface area contributed by atoms with Gasteiger partial charge in [-0.15, -0.1) is 0 Å². The quantitative estimate of drug-likeness (QED) is 0.657. The topological polar surface area (TPSA) is 85.0 Å². The number of amides is 2. The number of carbonyl (C=O) groups excluding carboxylic acids is 2. The van der Waals surface area contributed by atoms with E-state index in [4.69, 9.17) is 11.6 Å². The van der Waals surface area contributed by atoms with Crippen LogP contribution in [0.25, 0.3) is 5.69 Å². The SMILES string of the molecule is CC(C(=O)N(C)CC(=O)NCc1cnn(-c2ccc(Cl)cc2)c1)n1cccn1. The number of nitrogens with one attached hydrogen (secondary N) is 1. The molecule has 2 heterocycles. The van der Waals surface area contributed by atoms with Gasteiger partial charge < -0.3 is 10.2 Å². The number of rotatable bonds is 7. The van der Waals surface area contributed by atoms with Crippen molar-refractivity contribution in [2.24, 2.45) is 0 Å². The van der Waals surface area contributed by atoms with Gasteiger partial charge in [0.2, 0.25) is 11.8 Å². The Morgan fingerprint density at radius 3 is 2.68 bits per heavy atom. The van der Waals surface area contributed by atoms with E-state index in [1.807, 2.05) is 18.3 Å². The first kappa shape index (κ1) is 19.6. The molecule has 1 aromatic carbocycles. The molecule has 0 aliphatic carbocycles. The average Bonchev–Trinajstić information content (AvgIpc) is 3.38. The fraction of sp³-hybridized carbons (Fsp3) is 0.263. The van der Waals surface area contributed by atoms with Crippen LogP contribution in [0, 0.1) is 0 Å². The fourth-order valence-electron chi connectivity index (χ4n) is 2.68. The first-order valence-electron chi connectivity index (χ1n) is 8.74. The Hall–Kier alpha value is -3.13. The molecule has 0 aliphatic heterocycles. The highest BCUT2D eigenvalue weighted by Gasteiger charge is 2.21. The number of nitrogens with zero attached hydrogens (tertiary/aromatic N) is 5. The van der Waals surface area contributed by atoms with Gasteiger partial charge in [0.1, 0.15) is 6.04 Å². The van der Waals surface area contributed by atoms with Crippen LogP contribution < -0.4 is 5.32 Å². The van der Waals surface area contributed by atoms with Crippen molar-refractivity contribution in [2.75, 3.05) is 13.6 Å². The maximum absolute atomic E-state index is 12.4. The summed E-state index contributed by atoms with van der Waals surface area (Å²) in [5.41, 5.74) is 1.72. The Bertz CT molecular complexity index is 936. The van der Waals surface area contributed by atoms with E-state index >= 15 is 0 Å². The normalized spacial score (nSPS) is 11.8. The van der Waals surface area contributed by atoms with Crippen molar-refractivity contribution in [3.8, 4) is 5.69 Å². The Morgan fingerprint density at radius 1 is 1.25 bits per heavy atom. The summed E-state index contributed by atoms with van der Waals surface area (Å²) in [7, 11) is 1.60. The van der Waals surface area contributed by atoms with Gasteiger partial charge in [-0.05, 0) is 37.3 Å². The molecule has 146 valence electrons. The molecule has 0 bridgehead atoms. The van der Waals surface area contributed by atoms with Gasteiger partial charge in [-0.3, -0.25) is 14.3 Å². The minimum atomic E-state index is -0.467. The molecule has 0 fully saturated rings. The van der Waals surface area contributed by atoms with Crippen molar-refractivity contribution in [3.63, 3.8) is 0 Å². The minimum absolute atomic E-state index is 0.0320. The summed E-state index contributed by atoms with van der Waals surface area (Å²) in [6.45, 7) is 2.04. The van der Waals surface area contributed by atoms with E-state index in [1.165, 1.54) is 4.90 Å². The summed E-state index contributed by atoms with van der Waals surface area (Å²) in [6.07, 6.45) is 6.84. The van der Waals surface area contributed by atoms with E-state index < -0.39 is 6.04 Å². The third kappa shape index (κ3) is 4.77. The lowest BCUT2D eigenvalue weighted by Crippen LogP contribution is -2.40. The Labute approximate surface area is 167 Å². The molecule has 1 unspecified atom stereocenters. The minimum Gasteiger partial charge on any atom is -0.350 e. The molecule has 0 aliphatic rings. The largest absolute Gasteiger partial charge is 0.350 e. The van der Waals surface area contributed by atoms with E-state index in [2.05, 4.69) is 15.5 Å². The first-order chi connectivity index (χ1) is 13.4. The van der Waals surface area contributed by atoms with Crippen molar-refractivity contribution < 1.29 is 9.59 Å². The monoisotopic (exact) mass is 400 g/mol. The second-order valence-electron chi connectivity index (χ2n) is 6.40. The molecule has 8 nitrogen and oxygen atoms in total. The maximum Gasteiger partial charge on any atom is 0.247 e. The van der Waals surface area contributed by atoms with E-state index in [9.17, 15) is 9.59 Å². The molecule has 9 heteroatoms. The lowest BCUT2D eigenvalue weighted by molar-refractivity contribution is -0.137. The number of halogens is 1. The zero-order valence-corrected chi connectivity index (χ0v) is 16.4. The fourth-order valence-corrected chi connectivity index (χ4v) is 2.80. The molecular formula is C19H21ClN6O2. The molecule has 0 spiro atoms. The van der Waals surface area contributed by atoms with E-state index in [1.54, 1.807) is 60.1 Å². The Kier molecular flexibility index (Phi) is 6.10. The highest BCUT2D eigenvalue weighted by molar-refractivity contribution is 6.30. The van der Waals surface area contributed by atoms with E-state index in [-0.39, 0.29) is 18.4 Å². The maximum atomic E-state index is 12.4. The Morgan fingerprint density at radius 2 is 2.00 bits per heavy atom. The molecule has 1 N–H and O–H groups in total. The van der Waals surface area contributed by atoms with Crippen LogP contribution in [0.4, 0.5) is 0 Å². The summed E-state index contributed by atoms with van der Waals surface area (Å²) in [6, 6.07) is 8.58. The number of carbonyl (C=O) groups is 2. The van der Waals surface area contributed by atoms with Crippen LogP contribution in [0.5, 0.6) is 0 Å². The van der Waals surface area contributed by atoms with Crippen LogP contribution in [-0.2, 0) is 16.1 Å². The zero-order chi connectivity index (χ0) is 20.1. The third-order valence-electron chi connectivity index (χ3n) is 4.25. The molecule has 3 rings (SSSR count). The van der Waals surface area contributed by atoms with Gasteiger partial charge in [-0.1, -0.05) is 11.6 Å². The van der Waals surface area contributed by atoms with Crippen LogP contribution >= 0.6 is 11.6 Å². The lowest BCUT2D eigenvalue weighted by Gasteiger charge is -2.21. The van der Waals surface area contributed by atoms with Crippen molar-refractivity contribution in [1.82, 2.24) is 29.8 Å². The van der Waals surface area contributed by atoms with Crippen molar-refractivity contribution in [2.45, 2.75) is 19.5 Å². The predicted molar refractivity (Wildman–Crippen MR) is 105 cm³/mol. The van der Waals surface area contributed by atoms with Gasteiger partial charge in [0, 0.05) is 42.8 Å². The van der Waals surface area contributed by atoms with Crippen LogP contribution in [0.2, 0.25) is 5.02 Å². The highest BCUT2D eigenvalue weighted by atomic mass is 35.5.